The zero-order valence-electron chi connectivity index (χ0n) is 21.3. The number of hydrogen-bond donors (Lipinski definition) is 2. The third-order valence-electron chi connectivity index (χ3n) is 8.92. The van der Waals surface area contributed by atoms with Crippen LogP contribution in [0.4, 0.5) is 0 Å². The normalized spacial score (nSPS) is 26.2. The van der Waals surface area contributed by atoms with Crippen LogP contribution in [0.2, 0.25) is 15.1 Å². The molecule has 4 bridgehead atoms. The smallest absolute Gasteiger partial charge is 0.0840 e. The molecule has 0 amide bonds. The summed E-state index contributed by atoms with van der Waals surface area (Å²) in [7, 11) is 0. The highest BCUT2D eigenvalue weighted by molar-refractivity contribution is 6.35. The number of hydrogen-bond acceptors (Lipinski definition) is 3. The van der Waals surface area contributed by atoms with Gasteiger partial charge in [-0.25, -0.2) is 4.68 Å². The minimum absolute atomic E-state index is 0.575. The molecular formula is C30H35Cl3N4. The van der Waals surface area contributed by atoms with Crippen molar-refractivity contribution < 1.29 is 0 Å². The van der Waals surface area contributed by atoms with Crippen LogP contribution >= 0.6 is 34.8 Å². The van der Waals surface area contributed by atoms with Crippen molar-refractivity contribution in [2.24, 2.45) is 23.7 Å². The zero-order chi connectivity index (χ0) is 25.5. The Morgan fingerprint density at radius 1 is 0.838 bits per heavy atom. The summed E-state index contributed by atoms with van der Waals surface area (Å²) in [6.07, 6.45) is 8.23. The van der Waals surface area contributed by atoms with Crippen molar-refractivity contribution in [1.29, 1.82) is 0 Å². The minimum Gasteiger partial charge on any atom is -0.315 e. The van der Waals surface area contributed by atoms with E-state index in [0.29, 0.717) is 15.1 Å². The van der Waals surface area contributed by atoms with E-state index in [4.69, 9.17) is 39.9 Å². The molecule has 2 N–H and O–H groups in total. The van der Waals surface area contributed by atoms with Crippen molar-refractivity contribution in [1.82, 2.24) is 20.4 Å². The van der Waals surface area contributed by atoms with E-state index in [2.05, 4.69) is 17.6 Å². The maximum atomic E-state index is 6.60. The van der Waals surface area contributed by atoms with Gasteiger partial charge < -0.3 is 10.6 Å². The van der Waals surface area contributed by atoms with Crippen LogP contribution in [-0.4, -0.2) is 35.5 Å². The molecule has 0 radical (unpaired) electrons. The Kier molecular flexibility index (Phi) is 7.57. The average Bonchev–Trinajstić information content (AvgIpc) is 3.18. The van der Waals surface area contributed by atoms with Crippen molar-refractivity contribution in [2.75, 3.05) is 19.6 Å². The Bertz CT molecular complexity index is 1220. The number of aromatic nitrogens is 2. The molecule has 0 saturated heterocycles. The highest BCUT2D eigenvalue weighted by Crippen LogP contribution is 2.53. The number of rotatable bonds is 9. The Hall–Kier alpha value is -1.56. The first kappa shape index (κ1) is 25.7. The second-order valence-corrected chi connectivity index (χ2v) is 12.6. The average molecular weight is 558 g/mol. The molecule has 4 aliphatic rings. The predicted octanol–water partition coefficient (Wildman–Crippen LogP) is 7.35. The molecule has 1 heterocycles. The largest absolute Gasteiger partial charge is 0.315 e. The zero-order valence-corrected chi connectivity index (χ0v) is 23.6. The lowest BCUT2D eigenvalue weighted by Gasteiger charge is -2.54. The fourth-order valence-electron chi connectivity index (χ4n) is 7.47. The van der Waals surface area contributed by atoms with Gasteiger partial charge in [0, 0.05) is 47.7 Å². The lowest BCUT2D eigenvalue weighted by Crippen LogP contribution is -2.55. The monoisotopic (exact) mass is 556 g/mol. The molecule has 0 aliphatic heterocycles. The fraction of sp³-hybridized carbons (Fsp3) is 0.500. The first-order valence-corrected chi connectivity index (χ1v) is 14.8. The Balaban J connectivity index is 1.10. The summed E-state index contributed by atoms with van der Waals surface area (Å²) in [5.41, 5.74) is 5.12. The van der Waals surface area contributed by atoms with E-state index < -0.39 is 0 Å². The van der Waals surface area contributed by atoms with Gasteiger partial charge in [-0.3, -0.25) is 0 Å². The third-order valence-corrected chi connectivity index (χ3v) is 9.71. The molecular weight excluding hydrogens is 523 g/mol. The summed E-state index contributed by atoms with van der Waals surface area (Å²) in [6, 6.07) is 14.2. The van der Waals surface area contributed by atoms with Crippen molar-refractivity contribution in [3.05, 3.63) is 68.8 Å². The molecule has 0 unspecified atom stereocenters. The second-order valence-electron chi connectivity index (χ2n) is 11.3. The second kappa shape index (κ2) is 10.9. The summed E-state index contributed by atoms with van der Waals surface area (Å²) in [5, 5.41) is 14.5. The first-order valence-electron chi connectivity index (χ1n) is 13.7. The molecule has 7 rings (SSSR count). The van der Waals surface area contributed by atoms with Gasteiger partial charge in [0.2, 0.25) is 0 Å². The van der Waals surface area contributed by atoms with Crippen molar-refractivity contribution in [3.8, 4) is 16.9 Å². The topological polar surface area (TPSA) is 41.9 Å². The predicted molar refractivity (Wildman–Crippen MR) is 154 cm³/mol. The molecule has 2 aromatic carbocycles. The third kappa shape index (κ3) is 5.33. The van der Waals surface area contributed by atoms with Gasteiger partial charge >= 0.3 is 0 Å². The van der Waals surface area contributed by atoms with Crippen LogP contribution in [0, 0.1) is 30.6 Å². The van der Waals surface area contributed by atoms with Crippen LogP contribution < -0.4 is 10.6 Å². The van der Waals surface area contributed by atoms with Gasteiger partial charge in [-0.2, -0.15) is 5.10 Å². The van der Waals surface area contributed by atoms with Crippen molar-refractivity contribution in [2.45, 2.75) is 51.5 Å². The lowest BCUT2D eigenvalue weighted by molar-refractivity contribution is -0.0133. The van der Waals surface area contributed by atoms with E-state index in [1.807, 2.05) is 41.1 Å². The van der Waals surface area contributed by atoms with Crippen LogP contribution in [0.25, 0.3) is 16.9 Å². The van der Waals surface area contributed by atoms with Gasteiger partial charge in [-0.15, -0.1) is 0 Å². The summed E-state index contributed by atoms with van der Waals surface area (Å²) >= 11 is 18.9. The van der Waals surface area contributed by atoms with Gasteiger partial charge in [0.15, 0.2) is 0 Å². The van der Waals surface area contributed by atoms with Crippen LogP contribution in [0.3, 0.4) is 0 Å². The number of nitrogens with zero attached hydrogens (tertiary/aromatic N) is 2. The van der Waals surface area contributed by atoms with Gasteiger partial charge in [0.1, 0.15) is 0 Å². The SMILES string of the molecule is Cc1c(CCNCCNC2C3CC4CC(C3)CC2C4)nn(-c2ccc(Cl)cc2Cl)c1-c1ccc(Cl)cc1. The van der Waals surface area contributed by atoms with Gasteiger partial charge in [-0.1, -0.05) is 46.9 Å². The molecule has 4 nitrogen and oxygen atoms in total. The highest BCUT2D eigenvalue weighted by atomic mass is 35.5. The number of nitrogens with one attached hydrogen (secondary N) is 2. The van der Waals surface area contributed by atoms with Crippen LogP contribution in [0.15, 0.2) is 42.5 Å². The van der Waals surface area contributed by atoms with Gasteiger partial charge in [0.05, 0.1) is 22.1 Å². The van der Waals surface area contributed by atoms with E-state index >= 15 is 0 Å². The van der Waals surface area contributed by atoms with Gasteiger partial charge in [-0.05, 0) is 98.6 Å². The summed E-state index contributed by atoms with van der Waals surface area (Å²) < 4.78 is 1.94. The molecule has 7 heteroatoms. The summed E-state index contributed by atoms with van der Waals surface area (Å²) in [4.78, 5) is 0. The number of benzene rings is 2. The minimum atomic E-state index is 0.575. The van der Waals surface area contributed by atoms with Crippen molar-refractivity contribution >= 4 is 34.8 Å². The van der Waals surface area contributed by atoms with Crippen molar-refractivity contribution in [3.63, 3.8) is 0 Å². The fourth-order valence-corrected chi connectivity index (χ4v) is 8.08. The standard InChI is InChI=1S/C30H35Cl3N4/c1-18-27(8-9-34-10-11-35-29-22-13-19-12-20(15-22)16-23(29)14-19)36-37(28-7-6-25(32)17-26(28)33)30(18)21-2-4-24(31)5-3-21/h2-7,17,19-20,22-23,29,34-35H,8-16H2,1H3. The van der Waals surface area contributed by atoms with E-state index in [-0.39, 0.29) is 0 Å². The summed E-state index contributed by atoms with van der Waals surface area (Å²) in [5.74, 6) is 3.91. The molecule has 4 fully saturated rings. The van der Waals surface area contributed by atoms with E-state index in [1.54, 1.807) is 6.07 Å². The quantitative estimate of drug-likeness (QED) is 0.270. The maximum Gasteiger partial charge on any atom is 0.0840 e. The van der Waals surface area contributed by atoms with E-state index in [1.165, 1.54) is 32.1 Å². The number of halogens is 3. The van der Waals surface area contributed by atoms with Crippen LogP contribution in [0.5, 0.6) is 0 Å². The first-order chi connectivity index (χ1) is 18.0. The Morgan fingerprint density at radius 2 is 1.51 bits per heavy atom. The molecule has 0 spiro atoms. The molecule has 4 aliphatic carbocycles. The van der Waals surface area contributed by atoms with Crippen LogP contribution in [0.1, 0.15) is 43.4 Å². The van der Waals surface area contributed by atoms with Gasteiger partial charge in [0.25, 0.3) is 0 Å². The summed E-state index contributed by atoms with van der Waals surface area (Å²) in [6.45, 7) is 5.04. The Morgan fingerprint density at radius 3 is 2.19 bits per heavy atom. The lowest BCUT2D eigenvalue weighted by atomic mass is 9.54. The molecule has 0 atom stereocenters. The maximum absolute atomic E-state index is 6.60. The Labute approximate surface area is 235 Å². The molecule has 196 valence electrons. The molecule has 1 aromatic heterocycles. The van der Waals surface area contributed by atoms with E-state index in [0.717, 1.165) is 84.0 Å². The highest BCUT2D eigenvalue weighted by Gasteiger charge is 2.47. The van der Waals surface area contributed by atoms with Crippen LogP contribution in [-0.2, 0) is 6.42 Å². The van der Waals surface area contributed by atoms with E-state index in [9.17, 15) is 0 Å². The molecule has 4 saturated carbocycles. The molecule has 3 aromatic rings. The molecule has 37 heavy (non-hydrogen) atoms.